The van der Waals surface area contributed by atoms with Gasteiger partial charge < -0.3 is 20.3 Å². The lowest BCUT2D eigenvalue weighted by Gasteiger charge is -2.33. The molecule has 2 atom stereocenters. The second-order valence-corrected chi connectivity index (χ2v) is 8.52. The van der Waals surface area contributed by atoms with Gasteiger partial charge >= 0.3 is 12.0 Å². The molecule has 0 unspecified atom stereocenters. The molecule has 1 aliphatic heterocycles. The number of para-hydroxylation sites is 1. The van der Waals surface area contributed by atoms with Crippen molar-refractivity contribution in [3.8, 4) is 0 Å². The van der Waals surface area contributed by atoms with Gasteiger partial charge in [0.15, 0.2) is 0 Å². The monoisotopic (exact) mass is 419 g/mol. The van der Waals surface area contributed by atoms with Crippen LogP contribution in [0.25, 0.3) is 10.9 Å². The molecule has 6 nitrogen and oxygen atoms in total. The van der Waals surface area contributed by atoms with Gasteiger partial charge in [-0.25, -0.2) is 9.59 Å². The predicted octanol–water partition coefficient (Wildman–Crippen LogP) is 4.62. The van der Waals surface area contributed by atoms with Crippen molar-refractivity contribution < 1.29 is 14.7 Å². The van der Waals surface area contributed by atoms with Crippen LogP contribution in [0.2, 0.25) is 0 Å². The fourth-order valence-electron chi connectivity index (χ4n) is 4.62. The number of likely N-dealkylation sites (tertiary alicyclic amines) is 1. The van der Waals surface area contributed by atoms with Crippen LogP contribution < -0.4 is 5.32 Å². The zero-order valence-corrected chi connectivity index (χ0v) is 18.0. The third-order valence-electron chi connectivity index (χ3n) is 6.45. The highest BCUT2D eigenvalue weighted by Gasteiger charge is 2.32. The maximum Gasteiger partial charge on any atom is 0.326 e. The van der Waals surface area contributed by atoms with Crippen molar-refractivity contribution in [1.29, 1.82) is 0 Å². The van der Waals surface area contributed by atoms with Crippen LogP contribution in [0.1, 0.15) is 48.3 Å². The maximum absolute atomic E-state index is 12.9. The summed E-state index contributed by atoms with van der Waals surface area (Å²) in [5.74, 6) is -0.965. The number of carbonyl (C=O) groups excluding carboxylic acids is 1. The summed E-state index contributed by atoms with van der Waals surface area (Å²) in [4.78, 5) is 29.8. The molecule has 0 radical (unpaired) electrons. The number of carboxylic acids is 1. The predicted molar refractivity (Wildman–Crippen MR) is 121 cm³/mol. The largest absolute Gasteiger partial charge is 0.480 e. The first-order chi connectivity index (χ1) is 14.9. The normalized spacial score (nSPS) is 16.8. The van der Waals surface area contributed by atoms with E-state index in [9.17, 15) is 14.7 Å². The van der Waals surface area contributed by atoms with Gasteiger partial charge in [-0.3, -0.25) is 0 Å². The average molecular weight is 420 g/mol. The Morgan fingerprint density at radius 3 is 2.58 bits per heavy atom. The Labute approximate surface area is 182 Å². The molecule has 3 aromatic rings. The fourth-order valence-corrected chi connectivity index (χ4v) is 4.62. The SMILES string of the molecule is Cc1cccc(C2CCN(C(=O)N[C@@H](C(=O)O)[C@@H](C)c3c[nH]c4ccccc34)CC2)c1. The van der Waals surface area contributed by atoms with Gasteiger partial charge in [-0.15, -0.1) is 0 Å². The van der Waals surface area contributed by atoms with Crippen molar-refractivity contribution in [3.05, 3.63) is 71.4 Å². The first-order valence-electron chi connectivity index (χ1n) is 10.8. The molecule has 4 rings (SSSR count). The second kappa shape index (κ2) is 8.84. The zero-order chi connectivity index (χ0) is 22.0. The highest BCUT2D eigenvalue weighted by atomic mass is 16.4. The number of amides is 2. The van der Waals surface area contributed by atoms with Crippen LogP contribution in [0.15, 0.2) is 54.7 Å². The number of hydrogen-bond donors (Lipinski definition) is 3. The van der Waals surface area contributed by atoms with Crippen molar-refractivity contribution >= 4 is 22.9 Å². The molecule has 0 aliphatic carbocycles. The van der Waals surface area contributed by atoms with E-state index in [-0.39, 0.29) is 11.9 Å². The molecule has 0 spiro atoms. The van der Waals surface area contributed by atoms with Gasteiger partial charge in [-0.1, -0.05) is 55.0 Å². The maximum atomic E-state index is 12.9. The van der Waals surface area contributed by atoms with E-state index in [0.717, 1.165) is 29.3 Å². The molecule has 1 aromatic heterocycles. The summed E-state index contributed by atoms with van der Waals surface area (Å²) >= 11 is 0. The minimum absolute atomic E-state index is 0.304. The number of aliphatic carboxylic acids is 1. The van der Waals surface area contributed by atoms with E-state index >= 15 is 0 Å². The standard InChI is InChI=1S/C25H29N3O3/c1-16-6-5-7-19(14-16)18-10-12-28(13-11-18)25(31)27-23(24(29)30)17(2)21-15-26-22-9-4-3-8-20(21)22/h3-9,14-15,17-18,23,26H,10-13H2,1-2H3,(H,27,31)(H,29,30)/t17-,23+/m0/s1. The summed E-state index contributed by atoms with van der Waals surface area (Å²) in [6.07, 6.45) is 3.60. The van der Waals surface area contributed by atoms with Crippen LogP contribution in [0.4, 0.5) is 4.79 Å². The summed E-state index contributed by atoms with van der Waals surface area (Å²) in [6, 6.07) is 15.0. The van der Waals surface area contributed by atoms with Crippen LogP contribution in [0.5, 0.6) is 0 Å². The molecule has 1 saturated heterocycles. The van der Waals surface area contributed by atoms with Gasteiger partial charge in [-0.2, -0.15) is 0 Å². The van der Waals surface area contributed by atoms with Crippen molar-refractivity contribution in [2.45, 2.75) is 44.6 Å². The Balaban J connectivity index is 1.42. The molecule has 0 bridgehead atoms. The molecule has 1 aliphatic rings. The number of urea groups is 1. The van der Waals surface area contributed by atoms with Gasteiger partial charge in [0.1, 0.15) is 6.04 Å². The molecule has 2 amide bonds. The summed E-state index contributed by atoms with van der Waals surface area (Å²) < 4.78 is 0. The topological polar surface area (TPSA) is 85.4 Å². The van der Waals surface area contributed by atoms with Crippen LogP contribution >= 0.6 is 0 Å². The molecule has 31 heavy (non-hydrogen) atoms. The molecule has 162 valence electrons. The number of hydrogen-bond acceptors (Lipinski definition) is 2. The van der Waals surface area contributed by atoms with Gasteiger partial charge in [-0.05, 0) is 42.9 Å². The molecule has 0 saturated carbocycles. The molecular formula is C25H29N3O3. The Hall–Kier alpha value is -3.28. The third-order valence-corrected chi connectivity index (χ3v) is 6.45. The van der Waals surface area contributed by atoms with Gasteiger partial charge in [0.25, 0.3) is 0 Å². The van der Waals surface area contributed by atoms with E-state index in [4.69, 9.17) is 0 Å². The Morgan fingerprint density at radius 1 is 1.13 bits per heavy atom. The lowest BCUT2D eigenvalue weighted by molar-refractivity contribution is -0.139. The fraction of sp³-hybridized carbons (Fsp3) is 0.360. The number of benzene rings is 2. The lowest BCUT2D eigenvalue weighted by atomic mass is 9.89. The van der Waals surface area contributed by atoms with Gasteiger partial charge in [0.2, 0.25) is 0 Å². The number of carbonyl (C=O) groups is 2. The number of piperidine rings is 1. The van der Waals surface area contributed by atoms with Crippen molar-refractivity contribution in [3.63, 3.8) is 0 Å². The van der Waals surface area contributed by atoms with E-state index in [1.54, 1.807) is 4.90 Å². The van der Waals surface area contributed by atoms with Crippen molar-refractivity contribution in [1.82, 2.24) is 15.2 Å². The van der Waals surface area contributed by atoms with E-state index in [1.165, 1.54) is 11.1 Å². The number of fused-ring (bicyclic) bond motifs is 1. The van der Waals surface area contributed by atoms with Gasteiger partial charge in [0.05, 0.1) is 0 Å². The highest BCUT2D eigenvalue weighted by molar-refractivity contribution is 5.87. The minimum atomic E-state index is -1.03. The molecule has 3 N–H and O–H groups in total. The van der Waals surface area contributed by atoms with E-state index < -0.39 is 12.0 Å². The van der Waals surface area contributed by atoms with Crippen molar-refractivity contribution in [2.24, 2.45) is 0 Å². The summed E-state index contributed by atoms with van der Waals surface area (Å²) in [7, 11) is 0. The first kappa shape index (κ1) is 21.0. The number of nitrogens with one attached hydrogen (secondary N) is 2. The van der Waals surface area contributed by atoms with Crippen LogP contribution in [0, 0.1) is 6.92 Å². The number of carboxylic acid groups (broad SMARTS) is 1. The number of H-pyrrole nitrogens is 1. The minimum Gasteiger partial charge on any atom is -0.480 e. The number of aromatic nitrogens is 1. The van der Waals surface area contributed by atoms with E-state index in [2.05, 4.69) is 41.5 Å². The average Bonchev–Trinajstić information content (AvgIpc) is 3.21. The Morgan fingerprint density at radius 2 is 1.87 bits per heavy atom. The smallest absolute Gasteiger partial charge is 0.326 e. The quantitative estimate of drug-likeness (QED) is 0.564. The Bertz CT molecular complexity index is 1080. The number of rotatable bonds is 5. The Kier molecular flexibility index (Phi) is 5.98. The molecule has 2 heterocycles. The molecule has 6 heteroatoms. The molecular weight excluding hydrogens is 390 g/mol. The number of aromatic amines is 1. The van der Waals surface area contributed by atoms with Crippen LogP contribution in [-0.4, -0.2) is 46.1 Å². The zero-order valence-electron chi connectivity index (χ0n) is 18.0. The second-order valence-electron chi connectivity index (χ2n) is 8.52. The number of aryl methyl sites for hydroxylation is 1. The summed E-state index contributed by atoms with van der Waals surface area (Å²) in [6.45, 7) is 5.18. The van der Waals surface area contributed by atoms with Crippen LogP contribution in [-0.2, 0) is 4.79 Å². The third kappa shape index (κ3) is 4.43. The number of nitrogens with zero attached hydrogens (tertiary/aromatic N) is 1. The molecule has 1 fully saturated rings. The highest BCUT2D eigenvalue weighted by Crippen LogP contribution is 2.30. The first-order valence-corrected chi connectivity index (χ1v) is 10.8. The van der Waals surface area contributed by atoms with Crippen LogP contribution in [0.3, 0.4) is 0 Å². The van der Waals surface area contributed by atoms with Gasteiger partial charge in [0, 0.05) is 36.1 Å². The lowest BCUT2D eigenvalue weighted by Crippen LogP contribution is -2.51. The van der Waals surface area contributed by atoms with E-state index in [0.29, 0.717) is 19.0 Å². The summed E-state index contributed by atoms with van der Waals surface area (Å²) in [5.41, 5.74) is 4.41. The summed E-state index contributed by atoms with van der Waals surface area (Å²) in [5, 5.41) is 13.6. The molecule has 2 aromatic carbocycles. The van der Waals surface area contributed by atoms with Crippen molar-refractivity contribution in [2.75, 3.05) is 13.1 Å². The van der Waals surface area contributed by atoms with E-state index in [1.807, 2.05) is 37.4 Å².